The zero-order valence-corrected chi connectivity index (χ0v) is 22.8. The first-order valence-electron chi connectivity index (χ1n) is 13.3. The van der Waals surface area contributed by atoms with E-state index in [1.165, 1.54) is 13.1 Å². The van der Waals surface area contributed by atoms with Gasteiger partial charge >= 0.3 is 11.9 Å². The lowest BCUT2D eigenvalue weighted by molar-refractivity contribution is -0.141. The minimum absolute atomic E-state index is 0.0348. The number of carboxylic acid groups (broad SMARTS) is 2. The summed E-state index contributed by atoms with van der Waals surface area (Å²) in [5, 5.41) is 29.4. The number of ketones is 1. The zero-order chi connectivity index (χ0) is 30.3. The zero-order valence-electron chi connectivity index (χ0n) is 22.8. The number of nitrogens with one attached hydrogen (secondary N) is 1. The lowest BCUT2D eigenvalue weighted by Crippen LogP contribution is -2.50. The highest BCUT2D eigenvalue weighted by atomic mass is 19.2. The smallest absolute Gasteiger partial charge is 0.305 e. The van der Waals surface area contributed by atoms with E-state index >= 15 is 0 Å². The highest BCUT2D eigenvalue weighted by Crippen LogP contribution is 2.39. The minimum atomic E-state index is -1.62. The van der Waals surface area contributed by atoms with E-state index in [-0.39, 0.29) is 36.4 Å². The normalized spacial score (nSPS) is 16.0. The standard InChI is InChI=1S/C27H33F3N4O7/c1-15-11-17(28)25(30)26(24(15)29)41-14-19(35)18(12-23(39)40)34-13-20(32-33-34)27(2,16-7-4-3-5-8-16)31-21(36)9-6-10-22(37)38/h11,13,16,18H,3-10,12,14H2,1-2H3,(H,31,36)(H,37,38)(H,39,40)/t18?,27-/m0/s1. The summed E-state index contributed by atoms with van der Waals surface area (Å²) in [4.78, 5) is 48.2. The van der Waals surface area contributed by atoms with Crippen molar-refractivity contribution in [2.24, 2.45) is 5.92 Å². The summed E-state index contributed by atoms with van der Waals surface area (Å²) >= 11 is 0. The Bertz CT molecular complexity index is 1270. The molecule has 0 bridgehead atoms. The number of carbonyl (C=O) groups excluding carboxylic acids is 2. The molecule has 0 spiro atoms. The summed E-state index contributed by atoms with van der Waals surface area (Å²) in [5.41, 5.74) is -1.04. The second-order valence-corrected chi connectivity index (χ2v) is 10.4. The van der Waals surface area contributed by atoms with Crippen molar-refractivity contribution < 1.29 is 47.3 Å². The van der Waals surface area contributed by atoms with Crippen molar-refractivity contribution in [1.82, 2.24) is 20.3 Å². The Labute approximate surface area is 234 Å². The van der Waals surface area contributed by atoms with Gasteiger partial charge < -0.3 is 20.3 Å². The fourth-order valence-corrected chi connectivity index (χ4v) is 5.06. The van der Waals surface area contributed by atoms with Crippen LogP contribution in [0, 0.1) is 30.3 Å². The molecule has 1 saturated carbocycles. The second-order valence-electron chi connectivity index (χ2n) is 10.4. The fourth-order valence-electron chi connectivity index (χ4n) is 5.06. The first-order valence-corrected chi connectivity index (χ1v) is 13.3. The maximum absolute atomic E-state index is 14.3. The Morgan fingerprint density at radius 2 is 1.78 bits per heavy atom. The number of halogens is 3. The molecule has 224 valence electrons. The van der Waals surface area contributed by atoms with Crippen molar-refractivity contribution in [2.75, 3.05) is 6.61 Å². The van der Waals surface area contributed by atoms with Crippen LogP contribution >= 0.6 is 0 Å². The van der Waals surface area contributed by atoms with Crippen LogP contribution in [0.25, 0.3) is 0 Å². The number of rotatable bonds is 14. The van der Waals surface area contributed by atoms with Gasteiger partial charge in [0.1, 0.15) is 18.3 Å². The summed E-state index contributed by atoms with van der Waals surface area (Å²) in [7, 11) is 0. The molecule has 1 aromatic carbocycles. The van der Waals surface area contributed by atoms with Gasteiger partial charge in [0, 0.05) is 12.8 Å². The molecule has 0 aliphatic heterocycles. The maximum Gasteiger partial charge on any atom is 0.305 e. The van der Waals surface area contributed by atoms with Gasteiger partial charge in [0.15, 0.2) is 23.2 Å². The summed E-state index contributed by atoms with van der Waals surface area (Å²) in [6.07, 6.45) is 4.86. The van der Waals surface area contributed by atoms with Crippen molar-refractivity contribution in [1.29, 1.82) is 0 Å². The Kier molecular flexibility index (Phi) is 10.5. The Hall–Kier alpha value is -3.97. The number of nitrogens with zero attached hydrogens (tertiary/aromatic N) is 3. The molecule has 3 rings (SSSR count). The van der Waals surface area contributed by atoms with Crippen LogP contribution in [0.2, 0.25) is 0 Å². The van der Waals surface area contributed by atoms with Crippen LogP contribution in [0.15, 0.2) is 12.3 Å². The lowest BCUT2D eigenvalue weighted by Gasteiger charge is -2.39. The molecule has 3 N–H and O–H groups in total. The molecule has 14 heteroatoms. The average molecular weight is 583 g/mol. The van der Waals surface area contributed by atoms with E-state index < -0.39 is 71.4 Å². The van der Waals surface area contributed by atoms with E-state index in [0.717, 1.165) is 36.8 Å². The third-order valence-corrected chi connectivity index (χ3v) is 7.37. The van der Waals surface area contributed by atoms with E-state index in [4.69, 9.17) is 9.84 Å². The number of carboxylic acids is 2. The van der Waals surface area contributed by atoms with Crippen LogP contribution in [0.5, 0.6) is 5.75 Å². The molecule has 41 heavy (non-hydrogen) atoms. The van der Waals surface area contributed by atoms with Crippen molar-refractivity contribution in [3.63, 3.8) is 0 Å². The Morgan fingerprint density at radius 1 is 1.10 bits per heavy atom. The number of amides is 1. The van der Waals surface area contributed by atoms with Crippen LogP contribution in [0.3, 0.4) is 0 Å². The lowest BCUT2D eigenvalue weighted by atomic mass is 9.74. The van der Waals surface area contributed by atoms with Crippen LogP contribution < -0.4 is 10.1 Å². The highest BCUT2D eigenvalue weighted by Gasteiger charge is 2.41. The highest BCUT2D eigenvalue weighted by molar-refractivity contribution is 5.87. The van der Waals surface area contributed by atoms with E-state index in [0.29, 0.717) is 6.07 Å². The molecule has 1 aliphatic carbocycles. The SMILES string of the molecule is Cc1cc(F)c(F)c(OCC(=O)C(CC(=O)O)n2cc([C@@](C)(NC(=O)CCCC(=O)O)C3CCCCC3)nn2)c1F. The third kappa shape index (κ3) is 7.82. The van der Waals surface area contributed by atoms with Gasteiger partial charge in [-0.3, -0.25) is 19.2 Å². The average Bonchev–Trinajstić information content (AvgIpc) is 3.41. The first-order chi connectivity index (χ1) is 19.3. The van der Waals surface area contributed by atoms with E-state index in [1.807, 2.05) is 0 Å². The molecule has 1 amide bonds. The molecule has 0 saturated heterocycles. The van der Waals surface area contributed by atoms with Crippen LogP contribution in [0.1, 0.15) is 82.0 Å². The van der Waals surface area contributed by atoms with Gasteiger partial charge in [0.25, 0.3) is 0 Å². The number of ether oxygens (including phenoxy) is 1. The van der Waals surface area contributed by atoms with Gasteiger partial charge in [-0.2, -0.15) is 4.39 Å². The van der Waals surface area contributed by atoms with Gasteiger partial charge in [-0.25, -0.2) is 13.5 Å². The molecule has 1 unspecified atom stereocenters. The maximum atomic E-state index is 14.3. The van der Waals surface area contributed by atoms with Crippen molar-refractivity contribution >= 4 is 23.6 Å². The summed E-state index contributed by atoms with van der Waals surface area (Å²) in [6, 6.07) is -0.853. The van der Waals surface area contributed by atoms with Crippen molar-refractivity contribution in [3.8, 4) is 5.75 Å². The molecule has 1 heterocycles. The van der Waals surface area contributed by atoms with Crippen LogP contribution in [-0.4, -0.2) is 55.4 Å². The predicted octanol–water partition coefficient (Wildman–Crippen LogP) is 3.83. The molecular weight excluding hydrogens is 549 g/mol. The minimum Gasteiger partial charge on any atom is -0.481 e. The van der Waals surface area contributed by atoms with Crippen LogP contribution in [0.4, 0.5) is 13.2 Å². The van der Waals surface area contributed by atoms with Gasteiger partial charge in [-0.05, 0) is 50.7 Å². The molecule has 1 fully saturated rings. The molecule has 0 radical (unpaired) electrons. The van der Waals surface area contributed by atoms with Crippen molar-refractivity contribution in [2.45, 2.75) is 83.2 Å². The first kappa shape index (κ1) is 31.6. The number of benzene rings is 1. The fraction of sp³-hybridized carbons (Fsp3) is 0.556. The molecule has 2 atom stereocenters. The molecule has 1 aliphatic rings. The molecule has 1 aromatic heterocycles. The van der Waals surface area contributed by atoms with E-state index in [1.54, 1.807) is 6.92 Å². The summed E-state index contributed by atoms with van der Waals surface area (Å²) in [6.45, 7) is 1.95. The number of Topliss-reactive ketones (excluding diaryl/α,β-unsaturated/α-hetero) is 1. The quantitative estimate of drug-likeness (QED) is 0.281. The monoisotopic (exact) mass is 582 g/mol. The summed E-state index contributed by atoms with van der Waals surface area (Å²) in [5.74, 6) is -9.06. The topological polar surface area (TPSA) is 161 Å². The van der Waals surface area contributed by atoms with Gasteiger partial charge in [-0.1, -0.05) is 24.5 Å². The molecule has 11 nitrogen and oxygen atoms in total. The summed E-state index contributed by atoms with van der Waals surface area (Å²) < 4.78 is 48.1. The van der Waals surface area contributed by atoms with Gasteiger partial charge in [0.05, 0.1) is 18.2 Å². The van der Waals surface area contributed by atoms with Gasteiger partial charge in [0.2, 0.25) is 11.7 Å². The number of aliphatic carboxylic acids is 2. The van der Waals surface area contributed by atoms with E-state index in [2.05, 4.69) is 15.6 Å². The van der Waals surface area contributed by atoms with E-state index in [9.17, 15) is 37.5 Å². The Balaban J connectivity index is 1.86. The second kappa shape index (κ2) is 13.6. The van der Waals surface area contributed by atoms with Gasteiger partial charge in [-0.15, -0.1) is 5.10 Å². The van der Waals surface area contributed by atoms with Crippen molar-refractivity contribution in [3.05, 3.63) is 41.0 Å². The number of aryl methyl sites for hydroxylation is 1. The number of carbonyl (C=O) groups is 4. The number of hydrogen-bond acceptors (Lipinski definition) is 7. The van der Waals surface area contributed by atoms with Crippen LogP contribution in [-0.2, 0) is 24.7 Å². The number of hydrogen-bond donors (Lipinski definition) is 3. The molecule has 2 aromatic rings. The predicted molar refractivity (Wildman–Crippen MR) is 136 cm³/mol. The molecular formula is C27H33F3N4O7. The third-order valence-electron chi connectivity index (χ3n) is 7.37. The number of aromatic nitrogens is 3. The largest absolute Gasteiger partial charge is 0.481 e. The Morgan fingerprint density at radius 3 is 2.41 bits per heavy atom.